The Kier molecular flexibility index (Phi) is 12.9. The molecule has 0 aromatic carbocycles. The Bertz CT molecular complexity index is 448. The number of carbonyl (C=O) groups excluding carboxylic acids is 2. The molecule has 30 heavy (non-hydrogen) atoms. The standard InChI is InChI=1S/C26H50O4/c1-19(2)17-21(25(5,6)7)13-15-29-23(27)11-12-24(28)30-16-14-22(18-20(3)4)26(8,9)10/h19-22H,11-18H2,1-10H3. The molecule has 0 aliphatic carbocycles. The highest BCUT2D eigenvalue weighted by Gasteiger charge is 2.26. The fourth-order valence-corrected chi connectivity index (χ4v) is 3.93. The Hall–Kier alpha value is -1.06. The van der Waals surface area contributed by atoms with Crippen LogP contribution in [0.3, 0.4) is 0 Å². The second-order valence-electron chi connectivity index (χ2n) is 11.9. The van der Waals surface area contributed by atoms with Gasteiger partial charge in [-0.15, -0.1) is 0 Å². The van der Waals surface area contributed by atoms with E-state index in [0.717, 1.165) is 25.7 Å². The number of carbonyl (C=O) groups is 2. The number of ether oxygens (including phenoxy) is 2. The highest BCUT2D eigenvalue weighted by atomic mass is 16.5. The summed E-state index contributed by atoms with van der Waals surface area (Å²) in [5, 5.41) is 0. The largest absolute Gasteiger partial charge is 0.466 e. The zero-order chi connectivity index (χ0) is 23.5. The molecule has 0 aromatic heterocycles. The average Bonchev–Trinajstić information content (AvgIpc) is 2.55. The van der Waals surface area contributed by atoms with Gasteiger partial charge in [0.1, 0.15) is 0 Å². The van der Waals surface area contributed by atoms with Crippen LogP contribution in [0.1, 0.15) is 108 Å². The van der Waals surface area contributed by atoms with Gasteiger partial charge in [0.05, 0.1) is 26.1 Å². The number of esters is 2. The van der Waals surface area contributed by atoms with Crippen LogP contribution in [0.2, 0.25) is 0 Å². The van der Waals surface area contributed by atoms with Gasteiger partial charge in [-0.25, -0.2) is 0 Å². The van der Waals surface area contributed by atoms with Crippen molar-refractivity contribution in [1.29, 1.82) is 0 Å². The van der Waals surface area contributed by atoms with Crippen molar-refractivity contribution in [3.63, 3.8) is 0 Å². The van der Waals surface area contributed by atoms with E-state index in [4.69, 9.17) is 9.47 Å². The third kappa shape index (κ3) is 14.0. The summed E-state index contributed by atoms with van der Waals surface area (Å²) >= 11 is 0. The lowest BCUT2D eigenvalue weighted by atomic mass is 9.75. The van der Waals surface area contributed by atoms with E-state index in [1.54, 1.807) is 0 Å². The minimum atomic E-state index is -0.309. The van der Waals surface area contributed by atoms with Crippen LogP contribution in [0, 0.1) is 34.5 Å². The van der Waals surface area contributed by atoms with E-state index in [2.05, 4.69) is 69.2 Å². The highest BCUT2D eigenvalue weighted by Crippen LogP contribution is 2.34. The lowest BCUT2D eigenvalue weighted by molar-refractivity contribution is -0.151. The van der Waals surface area contributed by atoms with Crippen LogP contribution in [0.4, 0.5) is 0 Å². The average molecular weight is 427 g/mol. The van der Waals surface area contributed by atoms with Crippen LogP contribution >= 0.6 is 0 Å². The molecule has 4 heteroatoms. The van der Waals surface area contributed by atoms with Gasteiger partial charge >= 0.3 is 11.9 Å². The van der Waals surface area contributed by atoms with Gasteiger partial charge in [-0.05, 0) is 60.2 Å². The molecule has 2 atom stereocenters. The molecule has 0 aliphatic rings. The molecule has 0 bridgehead atoms. The summed E-state index contributed by atoms with van der Waals surface area (Å²) in [7, 11) is 0. The maximum absolute atomic E-state index is 12.0. The Morgan fingerprint density at radius 3 is 1.17 bits per heavy atom. The van der Waals surface area contributed by atoms with Gasteiger partial charge in [0.15, 0.2) is 0 Å². The van der Waals surface area contributed by atoms with E-state index in [0.29, 0.717) is 36.9 Å². The normalized spacial score (nSPS) is 14.7. The van der Waals surface area contributed by atoms with Gasteiger partial charge in [0, 0.05) is 0 Å². The fourth-order valence-electron chi connectivity index (χ4n) is 3.93. The predicted octanol–water partition coefficient (Wildman–Crippen LogP) is 7.05. The van der Waals surface area contributed by atoms with Gasteiger partial charge in [0.25, 0.3) is 0 Å². The summed E-state index contributed by atoms with van der Waals surface area (Å²) in [4.78, 5) is 24.0. The first-order valence-electron chi connectivity index (χ1n) is 11.9. The third-order valence-electron chi connectivity index (χ3n) is 5.95. The Morgan fingerprint density at radius 1 is 0.633 bits per heavy atom. The molecule has 4 nitrogen and oxygen atoms in total. The number of hydrogen-bond donors (Lipinski definition) is 0. The second kappa shape index (κ2) is 13.4. The summed E-state index contributed by atoms with van der Waals surface area (Å²) in [5.74, 6) is 1.65. The van der Waals surface area contributed by atoms with Crippen molar-refractivity contribution in [2.24, 2.45) is 34.5 Å². The minimum absolute atomic E-state index is 0.0951. The first kappa shape index (κ1) is 28.9. The van der Waals surface area contributed by atoms with Crippen LogP contribution in [0.15, 0.2) is 0 Å². The molecule has 0 aromatic rings. The van der Waals surface area contributed by atoms with E-state index in [-0.39, 0.29) is 35.6 Å². The quantitative estimate of drug-likeness (QED) is 0.296. The van der Waals surface area contributed by atoms with Crippen LogP contribution in [0.25, 0.3) is 0 Å². The first-order chi connectivity index (χ1) is 13.6. The SMILES string of the molecule is CC(C)CC(CCOC(=O)CCC(=O)OCCC(CC(C)C)C(C)(C)C)C(C)(C)C. The van der Waals surface area contributed by atoms with Crippen molar-refractivity contribution in [3.8, 4) is 0 Å². The van der Waals surface area contributed by atoms with Crippen molar-refractivity contribution in [3.05, 3.63) is 0 Å². The molecule has 0 fully saturated rings. The summed E-state index contributed by atoms with van der Waals surface area (Å²) in [6, 6.07) is 0. The van der Waals surface area contributed by atoms with Crippen LogP contribution in [-0.4, -0.2) is 25.2 Å². The van der Waals surface area contributed by atoms with Crippen molar-refractivity contribution in [2.75, 3.05) is 13.2 Å². The van der Waals surface area contributed by atoms with Gasteiger partial charge in [-0.2, -0.15) is 0 Å². The summed E-state index contributed by atoms with van der Waals surface area (Å²) < 4.78 is 10.8. The van der Waals surface area contributed by atoms with Crippen LogP contribution in [-0.2, 0) is 19.1 Å². The Morgan fingerprint density at radius 2 is 0.933 bits per heavy atom. The topological polar surface area (TPSA) is 52.6 Å². The molecule has 178 valence electrons. The summed E-state index contributed by atoms with van der Waals surface area (Å²) in [5.41, 5.74) is 0.391. The maximum atomic E-state index is 12.0. The Labute approximate surface area is 186 Å². The molecule has 2 unspecified atom stereocenters. The smallest absolute Gasteiger partial charge is 0.306 e. The molecule has 0 saturated carbocycles. The monoisotopic (exact) mass is 426 g/mol. The summed E-state index contributed by atoms with van der Waals surface area (Å²) in [6.45, 7) is 23.2. The molecule has 0 radical (unpaired) electrons. The number of hydrogen-bond acceptors (Lipinski definition) is 4. The molecule has 0 spiro atoms. The van der Waals surface area contributed by atoms with Crippen molar-refractivity contribution < 1.29 is 19.1 Å². The molecular formula is C26H50O4. The van der Waals surface area contributed by atoms with E-state index in [1.165, 1.54) is 0 Å². The van der Waals surface area contributed by atoms with Crippen molar-refractivity contribution in [2.45, 2.75) is 108 Å². The fraction of sp³-hybridized carbons (Fsp3) is 0.923. The van der Waals surface area contributed by atoms with Crippen LogP contribution in [0.5, 0.6) is 0 Å². The van der Waals surface area contributed by atoms with Crippen LogP contribution < -0.4 is 0 Å². The minimum Gasteiger partial charge on any atom is -0.466 e. The van der Waals surface area contributed by atoms with Gasteiger partial charge in [-0.3, -0.25) is 9.59 Å². The third-order valence-corrected chi connectivity index (χ3v) is 5.95. The second-order valence-corrected chi connectivity index (χ2v) is 11.9. The molecular weight excluding hydrogens is 376 g/mol. The summed E-state index contributed by atoms with van der Waals surface area (Å²) in [6.07, 6.45) is 4.17. The van der Waals surface area contributed by atoms with E-state index in [1.807, 2.05) is 0 Å². The zero-order valence-electron chi connectivity index (χ0n) is 21.6. The predicted molar refractivity (Wildman–Crippen MR) is 125 cm³/mol. The lowest BCUT2D eigenvalue weighted by Crippen LogP contribution is -2.24. The van der Waals surface area contributed by atoms with Gasteiger partial charge in [0.2, 0.25) is 0 Å². The number of rotatable bonds is 13. The van der Waals surface area contributed by atoms with Crippen molar-refractivity contribution in [1.82, 2.24) is 0 Å². The zero-order valence-corrected chi connectivity index (χ0v) is 21.6. The maximum Gasteiger partial charge on any atom is 0.306 e. The first-order valence-corrected chi connectivity index (χ1v) is 11.9. The van der Waals surface area contributed by atoms with E-state index >= 15 is 0 Å². The molecule has 0 rings (SSSR count). The molecule has 0 N–H and O–H groups in total. The molecule has 0 aliphatic heterocycles. The molecule has 0 heterocycles. The van der Waals surface area contributed by atoms with Gasteiger partial charge < -0.3 is 9.47 Å². The molecule has 0 saturated heterocycles. The van der Waals surface area contributed by atoms with E-state index in [9.17, 15) is 9.59 Å². The van der Waals surface area contributed by atoms with Gasteiger partial charge in [-0.1, -0.05) is 69.2 Å². The lowest BCUT2D eigenvalue weighted by Gasteiger charge is -2.32. The van der Waals surface area contributed by atoms with E-state index < -0.39 is 0 Å². The highest BCUT2D eigenvalue weighted by molar-refractivity contribution is 5.77. The molecule has 0 amide bonds. The Balaban J connectivity index is 4.20. The van der Waals surface area contributed by atoms with Crippen molar-refractivity contribution >= 4 is 11.9 Å².